The van der Waals surface area contributed by atoms with Gasteiger partial charge in [0.15, 0.2) is 0 Å². The summed E-state index contributed by atoms with van der Waals surface area (Å²) >= 11 is -0.170. The van der Waals surface area contributed by atoms with Crippen LogP contribution in [-0.4, -0.2) is 0 Å². The van der Waals surface area contributed by atoms with Gasteiger partial charge in [-0.25, -0.2) is 0 Å². The number of rotatable bonds is 9. The second-order valence-corrected chi connectivity index (χ2v) is 8.93. The molecule has 0 aromatic carbocycles. The van der Waals surface area contributed by atoms with Crippen molar-refractivity contribution in [1.29, 1.82) is 0 Å². The summed E-state index contributed by atoms with van der Waals surface area (Å²) in [7, 11) is 0. The maximum atomic E-state index is 2.59. The summed E-state index contributed by atoms with van der Waals surface area (Å²) in [4.78, 5) is 0. The Morgan fingerprint density at radius 3 is 1.14 bits per heavy atom. The number of unbranched alkanes of at least 4 members (excludes halogenated alkanes) is 3. The van der Waals surface area contributed by atoms with Crippen molar-refractivity contribution in [3.05, 3.63) is 0 Å². The van der Waals surface area contributed by atoms with Gasteiger partial charge in [0, 0.05) is 0 Å². The van der Waals surface area contributed by atoms with Gasteiger partial charge in [-0.3, -0.25) is 0 Å². The molecule has 0 spiro atoms. The van der Waals surface area contributed by atoms with Crippen LogP contribution in [0.3, 0.4) is 0 Å². The molecule has 0 aromatic rings. The minimum atomic E-state index is -0.170. The summed E-state index contributed by atoms with van der Waals surface area (Å²) in [6.45, 7) is 6.95. The molecule has 0 bridgehead atoms. The van der Waals surface area contributed by atoms with Crippen LogP contribution in [0.5, 0.6) is 0 Å². The molecule has 93 valence electrons. The molecular weight excluding hydrogens is 220 g/mol. The molecule has 0 fully saturated rings. The Kier molecular flexibility index (Phi) is 9.12. The summed E-state index contributed by atoms with van der Waals surface area (Å²) in [5, 5.41) is 4.58. The van der Waals surface area contributed by atoms with Gasteiger partial charge >= 0.3 is 93.9 Å². The molecule has 0 radical (unpaired) electrons. The number of hydrogen-bond donors (Lipinski definition) is 0. The summed E-state index contributed by atoms with van der Waals surface area (Å²) in [5.74, 6) is 2.59. The van der Waals surface area contributed by atoms with Crippen molar-refractivity contribution >= 4 is 0 Å². The summed E-state index contributed by atoms with van der Waals surface area (Å²) < 4.78 is 0. The third kappa shape index (κ3) is 6.90. The van der Waals surface area contributed by atoms with Crippen molar-refractivity contribution in [3.63, 3.8) is 0 Å². The first kappa shape index (κ1) is 14.5. The van der Waals surface area contributed by atoms with Gasteiger partial charge in [-0.15, -0.1) is 0 Å². The van der Waals surface area contributed by atoms with Gasteiger partial charge in [-0.1, -0.05) is 0 Å². The van der Waals surface area contributed by atoms with E-state index in [1.54, 1.807) is 0 Å². The summed E-state index contributed by atoms with van der Waals surface area (Å²) in [5.41, 5.74) is 0. The van der Waals surface area contributed by atoms with Gasteiger partial charge in [-0.2, -0.15) is 0 Å². The molecule has 0 heterocycles. The normalized spacial score (nSPS) is 13.1. The van der Waals surface area contributed by atoms with E-state index in [-0.39, 0.29) is 12.8 Å². The second-order valence-electron chi connectivity index (χ2n) is 4.10. The zero-order chi connectivity index (χ0) is 10.9. The Morgan fingerprint density at radius 2 is 0.929 bits per heavy atom. The molecular formula is C13H30Cu. The van der Waals surface area contributed by atoms with E-state index >= 15 is 0 Å². The van der Waals surface area contributed by atoms with Crippen LogP contribution < -0.4 is 0 Å². The molecule has 0 aromatic heterocycles. The zero-order valence-corrected chi connectivity index (χ0v) is 11.6. The molecule has 0 aliphatic carbocycles. The molecule has 0 nitrogen and oxygen atoms in total. The van der Waals surface area contributed by atoms with E-state index in [0.29, 0.717) is 0 Å². The van der Waals surface area contributed by atoms with Crippen molar-refractivity contribution in [2.45, 2.75) is 81.1 Å². The van der Waals surface area contributed by atoms with Crippen LogP contribution >= 0.6 is 0 Å². The molecule has 0 atom stereocenters. The number of hydrogen-bond acceptors (Lipinski definition) is 0. The van der Waals surface area contributed by atoms with Crippen LogP contribution in [0.25, 0.3) is 0 Å². The standard InChI is InChI=1S/3C4H9.CH3.Cu/c3*1-3-4-2;;/h3*1,3-4H2,2H3;1H3;. The topological polar surface area (TPSA) is 0 Å². The van der Waals surface area contributed by atoms with Crippen LogP contribution in [0.2, 0.25) is 21.8 Å². The molecule has 0 aliphatic heterocycles. The molecule has 0 rings (SSSR count). The Bertz CT molecular complexity index is 98.6. The van der Waals surface area contributed by atoms with Crippen molar-refractivity contribution in [1.82, 2.24) is 0 Å². The van der Waals surface area contributed by atoms with Gasteiger partial charge in [0.1, 0.15) is 0 Å². The molecule has 0 N–H and O–H groups in total. The Hall–Kier alpha value is 0.519. The van der Waals surface area contributed by atoms with E-state index in [2.05, 4.69) is 26.6 Å². The van der Waals surface area contributed by atoms with E-state index in [1.807, 2.05) is 0 Å². The van der Waals surface area contributed by atoms with Crippen LogP contribution in [0.15, 0.2) is 0 Å². The van der Waals surface area contributed by atoms with E-state index in [4.69, 9.17) is 0 Å². The van der Waals surface area contributed by atoms with Crippen molar-refractivity contribution in [2.24, 2.45) is 0 Å². The molecule has 0 unspecified atom stereocenters. The average molecular weight is 250 g/mol. The van der Waals surface area contributed by atoms with Crippen molar-refractivity contribution in [3.8, 4) is 0 Å². The fraction of sp³-hybridized carbons (Fsp3) is 1.00. The molecule has 0 saturated carbocycles. The van der Waals surface area contributed by atoms with Crippen LogP contribution in [0, 0.1) is 0 Å². The average Bonchev–Trinajstić information content (AvgIpc) is 2.21. The first-order chi connectivity index (χ1) is 6.68. The summed E-state index contributed by atoms with van der Waals surface area (Å²) in [6, 6.07) is 0. The Balaban J connectivity index is 3.89. The van der Waals surface area contributed by atoms with Crippen molar-refractivity contribution < 1.29 is 12.8 Å². The van der Waals surface area contributed by atoms with Gasteiger partial charge in [0.2, 0.25) is 0 Å². The fourth-order valence-corrected chi connectivity index (χ4v) is 5.43. The van der Waals surface area contributed by atoms with Crippen LogP contribution in [0.1, 0.15) is 59.3 Å². The quantitative estimate of drug-likeness (QED) is 0.450. The molecule has 0 aliphatic rings. The zero-order valence-electron chi connectivity index (χ0n) is 10.7. The second kappa shape index (κ2) is 8.80. The maximum absolute atomic E-state index is 2.59. The monoisotopic (exact) mass is 249 g/mol. The van der Waals surface area contributed by atoms with Gasteiger partial charge in [0.05, 0.1) is 0 Å². The van der Waals surface area contributed by atoms with E-state index in [1.165, 1.54) is 54.5 Å². The SMILES string of the molecule is CCC[CH2][Cu]([CH3])([CH2]CCC)[CH2]CCC. The first-order valence-electron chi connectivity index (χ1n) is 6.06. The van der Waals surface area contributed by atoms with E-state index in [0.717, 1.165) is 0 Å². The predicted octanol–water partition coefficient (Wildman–Crippen LogP) is 5.84. The van der Waals surface area contributed by atoms with Crippen LogP contribution in [-0.2, 0) is 12.8 Å². The fourth-order valence-electron chi connectivity index (χ4n) is 1.32. The van der Waals surface area contributed by atoms with Gasteiger partial charge in [-0.05, 0) is 0 Å². The molecule has 1 heteroatoms. The molecule has 0 saturated heterocycles. The minimum absolute atomic E-state index is 0.170. The predicted molar refractivity (Wildman–Crippen MR) is 65.0 cm³/mol. The van der Waals surface area contributed by atoms with Crippen LogP contribution in [0.4, 0.5) is 0 Å². The molecule has 0 amide bonds. The first-order valence-corrected chi connectivity index (χ1v) is 9.00. The van der Waals surface area contributed by atoms with Crippen molar-refractivity contribution in [2.75, 3.05) is 0 Å². The Morgan fingerprint density at radius 1 is 0.643 bits per heavy atom. The van der Waals surface area contributed by atoms with Gasteiger partial charge in [0.25, 0.3) is 0 Å². The third-order valence-electron chi connectivity index (χ3n) is 2.47. The third-order valence-corrected chi connectivity index (χ3v) is 6.88. The van der Waals surface area contributed by atoms with Gasteiger partial charge < -0.3 is 0 Å². The molecule has 14 heavy (non-hydrogen) atoms. The summed E-state index contributed by atoms with van der Waals surface area (Å²) in [6.07, 6.45) is 8.49. The van der Waals surface area contributed by atoms with E-state index < -0.39 is 0 Å². The Labute approximate surface area is 94.1 Å². The van der Waals surface area contributed by atoms with E-state index in [9.17, 15) is 0 Å².